The van der Waals surface area contributed by atoms with Crippen molar-refractivity contribution in [3.05, 3.63) is 85.8 Å². The van der Waals surface area contributed by atoms with Crippen molar-refractivity contribution in [3.63, 3.8) is 0 Å². The molecule has 1 saturated heterocycles. The minimum Gasteiger partial charge on any atom is -0.321 e. The van der Waals surface area contributed by atoms with Gasteiger partial charge < -0.3 is 10.3 Å². The molecule has 0 radical (unpaired) electrons. The number of piperidine rings is 1. The fourth-order valence-corrected chi connectivity index (χ4v) is 7.20. The van der Waals surface area contributed by atoms with Crippen LogP contribution in [0.2, 0.25) is 0 Å². The van der Waals surface area contributed by atoms with Gasteiger partial charge in [-0.1, -0.05) is 36.8 Å². The number of imide groups is 1. The van der Waals surface area contributed by atoms with Crippen LogP contribution in [0.25, 0.3) is 10.2 Å². The number of carbonyl (C=O) groups excluding carboxylic acids is 3. The van der Waals surface area contributed by atoms with Crippen molar-refractivity contribution in [2.24, 2.45) is 0 Å². The number of carbonyl (C=O) groups is 3. The summed E-state index contributed by atoms with van der Waals surface area (Å²) in [4.78, 5) is 60.2. The van der Waals surface area contributed by atoms with Gasteiger partial charge in [-0.25, -0.2) is 4.98 Å². The minimum absolute atomic E-state index is 0.253. The number of benzene rings is 2. The molecule has 3 N–H and O–H groups in total. The van der Waals surface area contributed by atoms with Crippen LogP contribution >= 0.6 is 23.1 Å². The minimum atomic E-state index is -0.765. The maximum absolute atomic E-state index is 13.2. The zero-order valence-corrected chi connectivity index (χ0v) is 24.4. The smallest absolute Gasteiger partial charge is 0.266 e. The van der Waals surface area contributed by atoms with Gasteiger partial charge in [0.15, 0.2) is 0 Å². The molecule has 1 fully saturated rings. The number of thioether (sulfide) groups is 1. The molecule has 206 valence electrons. The summed E-state index contributed by atoms with van der Waals surface area (Å²) in [6, 6.07) is 13.4. The highest BCUT2D eigenvalue weighted by Crippen LogP contribution is 2.36. The molecule has 0 bridgehead atoms. The Morgan fingerprint density at radius 3 is 2.55 bits per heavy atom. The van der Waals surface area contributed by atoms with Gasteiger partial charge in [-0.3, -0.25) is 24.5 Å². The Morgan fingerprint density at radius 1 is 1.10 bits per heavy atom. The second-order valence-corrected chi connectivity index (χ2v) is 12.2. The second kappa shape index (κ2) is 11.0. The molecular weight excluding hydrogens is 544 g/mol. The quantitative estimate of drug-likeness (QED) is 0.197. The first kappa shape index (κ1) is 27.8. The summed E-state index contributed by atoms with van der Waals surface area (Å²) in [7, 11) is 0. The van der Waals surface area contributed by atoms with Crippen LogP contribution in [0, 0.1) is 20.8 Å². The van der Waals surface area contributed by atoms with E-state index in [9.17, 15) is 19.2 Å². The third kappa shape index (κ3) is 5.21. The molecule has 0 spiro atoms. The van der Waals surface area contributed by atoms with E-state index in [1.165, 1.54) is 22.5 Å². The second-order valence-electron chi connectivity index (χ2n) is 10.2. The van der Waals surface area contributed by atoms with Crippen LogP contribution in [-0.4, -0.2) is 27.7 Å². The number of hydrogen-bond acceptors (Lipinski definition) is 7. The van der Waals surface area contributed by atoms with E-state index in [4.69, 9.17) is 0 Å². The van der Waals surface area contributed by atoms with E-state index in [2.05, 4.69) is 45.7 Å². The number of H-pyrrole nitrogens is 1. The summed E-state index contributed by atoms with van der Waals surface area (Å²) < 4.78 is 0. The van der Waals surface area contributed by atoms with Gasteiger partial charge in [-0.15, -0.1) is 23.1 Å². The zero-order valence-electron chi connectivity index (χ0n) is 22.8. The van der Waals surface area contributed by atoms with E-state index in [0.29, 0.717) is 57.2 Å². The Balaban J connectivity index is 1.34. The molecular formula is C30H30N4O4S2. The van der Waals surface area contributed by atoms with Crippen LogP contribution in [0.5, 0.6) is 0 Å². The largest absolute Gasteiger partial charge is 0.321 e. The lowest BCUT2D eigenvalue weighted by molar-refractivity contribution is -0.138. The van der Waals surface area contributed by atoms with Crippen molar-refractivity contribution in [1.29, 1.82) is 0 Å². The van der Waals surface area contributed by atoms with E-state index in [1.54, 1.807) is 30.8 Å². The van der Waals surface area contributed by atoms with E-state index >= 15 is 0 Å². The predicted molar refractivity (Wildman–Crippen MR) is 159 cm³/mol. The third-order valence-corrected chi connectivity index (χ3v) is 9.88. The Hall–Kier alpha value is -3.76. The lowest BCUT2D eigenvalue weighted by Gasteiger charge is -2.35. The molecule has 2 aromatic heterocycles. The van der Waals surface area contributed by atoms with E-state index in [-0.39, 0.29) is 23.3 Å². The SMILES string of the molecule is CCC1(c2ccc(NC(=O)c3sc4nc(CSc5cc(C)ccc5C)[nH]c(=O)c4c3C)cc2)CCC(=O)NC1=O. The number of fused-ring (bicyclic) bond motifs is 1. The fraction of sp³-hybridized carbons (Fsp3) is 0.300. The molecule has 5 rings (SSSR count). The molecule has 3 heterocycles. The van der Waals surface area contributed by atoms with Crippen molar-refractivity contribution in [1.82, 2.24) is 15.3 Å². The topological polar surface area (TPSA) is 121 Å². The molecule has 1 aliphatic rings. The van der Waals surface area contributed by atoms with Crippen molar-refractivity contribution in [3.8, 4) is 0 Å². The van der Waals surface area contributed by atoms with E-state index in [1.807, 2.05) is 26.0 Å². The lowest BCUT2D eigenvalue weighted by atomic mass is 9.72. The monoisotopic (exact) mass is 574 g/mol. The van der Waals surface area contributed by atoms with Gasteiger partial charge in [0.2, 0.25) is 11.8 Å². The highest BCUT2D eigenvalue weighted by atomic mass is 32.2. The van der Waals surface area contributed by atoms with Crippen LogP contribution in [0.15, 0.2) is 52.2 Å². The maximum Gasteiger partial charge on any atom is 0.266 e. The van der Waals surface area contributed by atoms with Gasteiger partial charge in [-0.2, -0.15) is 0 Å². The first-order valence-corrected chi connectivity index (χ1v) is 14.9. The van der Waals surface area contributed by atoms with Gasteiger partial charge in [0.1, 0.15) is 10.7 Å². The van der Waals surface area contributed by atoms with Crippen molar-refractivity contribution in [2.45, 2.75) is 63.0 Å². The Kier molecular flexibility index (Phi) is 7.65. The number of nitrogens with one attached hydrogen (secondary N) is 3. The average Bonchev–Trinajstić information content (AvgIpc) is 3.27. The van der Waals surface area contributed by atoms with Gasteiger partial charge >= 0.3 is 0 Å². The average molecular weight is 575 g/mol. The molecule has 1 atom stereocenters. The number of hydrogen-bond donors (Lipinski definition) is 3. The highest BCUT2D eigenvalue weighted by Gasteiger charge is 2.42. The van der Waals surface area contributed by atoms with Gasteiger partial charge in [0.25, 0.3) is 11.5 Å². The van der Waals surface area contributed by atoms with Crippen LogP contribution in [0.1, 0.15) is 63.9 Å². The zero-order chi connectivity index (χ0) is 28.6. The summed E-state index contributed by atoms with van der Waals surface area (Å²) in [6.45, 7) is 7.79. The normalized spacial score (nSPS) is 17.2. The summed E-state index contributed by atoms with van der Waals surface area (Å²) in [5, 5.41) is 5.78. The first-order chi connectivity index (χ1) is 19.1. The van der Waals surface area contributed by atoms with E-state index in [0.717, 1.165) is 10.5 Å². The Bertz CT molecular complexity index is 1710. The molecule has 4 aromatic rings. The molecule has 10 heteroatoms. The van der Waals surface area contributed by atoms with Gasteiger partial charge in [0, 0.05) is 17.0 Å². The molecule has 1 unspecified atom stereocenters. The first-order valence-electron chi connectivity index (χ1n) is 13.1. The third-order valence-electron chi connectivity index (χ3n) is 7.53. The number of thiophene rings is 1. The standard InChI is InChI=1S/C30H30N4O4S2/c1-5-30(13-12-23(35)34-29(30)38)19-8-10-20(11-9-19)31-27(37)25-18(4)24-26(36)32-22(33-28(24)40-25)15-39-21-14-16(2)6-7-17(21)3/h6-11,14H,5,12-13,15H2,1-4H3,(H,31,37)(H,32,33,36)(H,34,35,38). The number of aromatic nitrogens is 2. The molecule has 1 aliphatic heterocycles. The Morgan fingerprint density at radius 2 is 1.85 bits per heavy atom. The van der Waals surface area contributed by atoms with Crippen LogP contribution < -0.4 is 16.2 Å². The summed E-state index contributed by atoms with van der Waals surface area (Å²) in [6.07, 6.45) is 1.31. The maximum atomic E-state index is 13.2. The number of amides is 3. The summed E-state index contributed by atoms with van der Waals surface area (Å²) in [5.74, 6) is 0.201. The molecule has 0 saturated carbocycles. The number of aryl methyl sites for hydroxylation is 3. The van der Waals surface area contributed by atoms with Crippen LogP contribution in [-0.2, 0) is 20.8 Å². The molecule has 0 aliphatic carbocycles. The van der Waals surface area contributed by atoms with Crippen molar-refractivity contribution < 1.29 is 14.4 Å². The van der Waals surface area contributed by atoms with Crippen molar-refractivity contribution in [2.75, 3.05) is 5.32 Å². The van der Waals surface area contributed by atoms with Crippen LogP contribution in [0.4, 0.5) is 5.69 Å². The number of anilines is 1. The molecule has 3 amide bonds. The molecule has 2 aromatic carbocycles. The summed E-state index contributed by atoms with van der Waals surface area (Å²) in [5.41, 5.74) is 3.27. The number of rotatable bonds is 7. The van der Waals surface area contributed by atoms with Crippen molar-refractivity contribution >= 4 is 56.7 Å². The summed E-state index contributed by atoms with van der Waals surface area (Å²) >= 11 is 2.81. The number of nitrogens with zero attached hydrogens (tertiary/aromatic N) is 1. The fourth-order valence-electron chi connectivity index (χ4n) is 5.11. The Labute approximate surface area is 240 Å². The predicted octanol–water partition coefficient (Wildman–Crippen LogP) is 5.54. The van der Waals surface area contributed by atoms with Gasteiger partial charge in [-0.05, 0) is 68.5 Å². The number of aromatic amines is 1. The lowest BCUT2D eigenvalue weighted by Crippen LogP contribution is -2.51. The van der Waals surface area contributed by atoms with E-state index < -0.39 is 5.41 Å². The highest BCUT2D eigenvalue weighted by molar-refractivity contribution is 7.98. The molecule has 40 heavy (non-hydrogen) atoms. The van der Waals surface area contributed by atoms with Crippen LogP contribution in [0.3, 0.4) is 0 Å². The molecule has 8 nitrogen and oxygen atoms in total. The van der Waals surface area contributed by atoms with Gasteiger partial charge in [0.05, 0.1) is 21.4 Å².